The van der Waals surface area contributed by atoms with Crippen LogP contribution >= 0.6 is 39.0 Å². The van der Waals surface area contributed by atoms with Crippen LogP contribution in [0, 0.1) is 0 Å². The Balaban J connectivity index is 1.68. The minimum atomic E-state index is 1.02. The van der Waals surface area contributed by atoms with E-state index in [1.165, 1.54) is 52.2 Å². The van der Waals surface area contributed by atoms with Gasteiger partial charge >= 0.3 is 0 Å². The zero-order valence-corrected chi connectivity index (χ0v) is 18.1. The lowest BCUT2D eigenvalue weighted by molar-refractivity contribution is 1.28. The predicted octanol–water partition coefficient (Wildman–Crippen LogP) is 8.54. The molecular formula is C25H15BrS2. The van der Waals surface area contributed by atoms with Crippen LogP contribution in [-0.4, -0.2) is 0 Å². The molecule has 1 aliphatic rings. The van der Waals surface area contributed by atoms with E-state index >= 15 is 0 Å². The zero-order valence-electron chi connectivity index (χ0n) is 14.9. The van der Waals surface area contributed by atoms with Crippen LogP contribution < -0.4 is 0 Å². The number of thiophene rings is 1. The molecule has 0 saturated carbocycles. The van der Waals surface area contributed by atoms with Crippen molar-refractivity contribution >= 4 is 59.2 Å². The summed E-state index contributed by atoms with van der Waals surface area (Å²) in [6.45, 7) is 0. The van der Waals surface area contributed by atoms with Gasteiger partial charge in [-0.2, -0.15) is 0 Å². The molecule has 0 nitrogen and oxygen atoms in total. The average molecular weight is 459 g/mol. The maximum Gasteiger partial charge on any atom is 0.0370 e. The Morgan fingerprint density at radius 3 is 2.50 bits per heavy atom. The van der Waals surface area contributed by atoms with E-state index in [-0.39, 0.29) is 0 Å². The van der Waals surface area contributed by atoms with Crippen molar-refractivity contribution in [2.45, 2.75) is 16.2 Å². The highest BCUT2D eigenvalue weighted by molar-refractivity contribution is 9.10. The monoisotopic (exact) mass is 458 g/mol. The van der Waals surface area contributed by atoms with Gasteiger partial charge in [-0.15, -0.1) is 11.3 Å². The summed E-state index contributed by atoms with van der Waals surface area (Å²) in [6, 6.07) is 28.6. The largest absolute Gasteiger partial charge is 0.135 e. The van der Waals surface area contributed by atoms with Gasteiger partial charge in [-0.3, -0.25) is 0 Å². The molecule has 1 aromatic heterocycles. The van der Waals surface area contributed by atoms with Gasteiger partial charge in [-0.1, -0.05) is 66.4 Å². The Morgan fingerprint density at radius 1 is 0.786 bits per heavy atom. The van der Waals surface area contributed by atoms with Crippen LogP contribution in [0.2, 0.25) is 0 Å². The van der Waals surface area contributed by atoms with Gasteiger partial charge in [0.1, 0.15) is 0 Å². The van der Waals surface area contributed by atoms with Crippen molar-refractivity contribution in [1.29, 1.82) is 0 Å². The van der Waals surface area contributed by atoms with Crippen LogP contribution in [0.1, 0.15) is 11.1 Å². The molecule has 3 heteroatoms. The number of hydrogen-bond donors (Lipinski definition) is 0. The first kappa shape index (κ1) is 16.8. The third kappa shape index (κ3) is 2.50. The van der Waals surface area contributed by atoms with Crippen molar-refractivity contribution in [3.63, 3.8) is 0 Å². The van der Waals surface area contributed by atoms with Gasteiger partial charge in [0.25, 0.3) is 0 Å². The topological polar surface area (TPSA) is 0 Å². The van der Waals surface area contributed by atoms with Crippen LogP contribution in [0.3, 0.4) is 0 Å². The predicted molar refractivity (Wildman–Crippen MR) is 126 cm³/mol. The van der Waals surface area contributed by atoms with Crippen LogP contribution in [0.15, 0.2) is 93.1 Å². The number of benzene rings is 4. The van der Waals surface area contributed by atoms with Crippen molar-refractivity contribution < 1.29 is 0 Å². The summed E-state index contributed by atoms with van der Waals surface area (Å²) in [4.78, 5) is 2.61. The first-order valence-corrected chi connectivity index (χ1v) is 11.7. The lowest BCUT2D eigenvalue weighted by atomic mass is 10.0. The van der Waals surface area contributed by atoms with E-state index in [1.807, 2.05) is 23.1 Å². The Morgan fingerprint density at radius 2 is 1.57 bits per heavy atom. The van der Waals surface area contributed by atoms with Gasteiger partial charge < -0.3 is 0 Å². The van der Waals surface area contributed by atoms with Crippen LogP contribution in [0.5, 0.6) is 0 Å². The fourth-order valence-corrected chi connectivity index (χ4v) is 7.09. The second-order valence-corrected chi connectivity index (χ2v) is 10.1. The van der Waals surface area contributed by atoms with E-state index in [2.05, 4.69) is 94.8 Å². The summed E-state index contributed by atoms with van der Waals surface area (Å²) < 4.78 is 3.91. The molecule has 0 amide bonds. The molecule has 0 bridgehead atoms. The molecule has 4 aromatic carbocycles. The van der Waals surface area contributed by atoms with Gasteiger partial charge in [-0.05, 0) is 63.3 Å². The van der Waals surface area contributed by atoms with Gasteiger partial charge in [0.2, 0.25) is 0 Å². The molecule has 0 aliphatic heterocycles. The van der Waals surface area contributed by atoms with E-state index in [1.54, 1.807) is 0 Å². The summed E-state index contributed by atoms with van der Waals surface area (Å²) in [5.41, 5.74) is 5.75. The SMILES string of the molecule is Brc1ccccc1Sc1cc2sc3ccccc3c2c2c1-c1ccccc1C2. The van der Waals surface area contributed by atoms with Crippen LogP contribution in [0.4, 0.5) is 0 Å². The molecule has 1 aliphatic carbocycles. The molecule has 0 radical (unpaired) electrons. The van der Waals surface area contributed by atoms with E-state index in [0.29, 0.717) is 0 Å². The number of hydrogen-bond acceptors (Lipinski definition) is 2. The molecule has 6 rings (SSSR count). The normalized spacial score (nSPS) is 12.5. The summed E-state index contributed by atoms with van der Waals surface area (Å²) in [5.74, 6) is 0. The van der Waals surface area contributed by atoms with Gasteiger partial charge in [0, 0.05) is 40.0 Å². The van der Waals surface area contributed by atoms with Crippen molar-refractivity contribution in [3.05, 3.63) is 94.5 Å². The standard InChI is InChI=1S/C25H15BrS2/c26-19-10-4-6-12-21(19)28-22-14-23-25(17-9-3-5-11-20(17)27-23)18-13-15-7-1-2-8-16(15)24(18)22/h1-12,14H,13H2. The van der Waals surface area contributed by atoms with Crippen molar-refractivity contribution in [2.75, 3.05) is 0 Å². The molecule has 1 heterocycles. The third-order valence-corrected chi connectivity index (χ3v) is 8.63. The highest BCUT2D eigenvalue weighted by atomic mass is 79.9. The lowest BCUT2D eigenvalue weighted by Gasteiger charge is -2.12. The third-order valence-electron chi connectivity index (χ3n) is 5.45. The quantitative estimate of drug-likeness (QED) is 0.250. The molecule has 0 unspecified atom stereocenters. The summed E-state index contributed by atoms with van der Waals surface area (Å²) in [5, 5.41) is 2.84. The molecule has 28 heavy (non-hydrogen) atoms. The van der Waals surface area contributed by atoms with Gasteiger partial charge in [0.05, 0.1) is 0 Å². The number of fused-ring (bicyclic) bond motifs is 7. The Kier molecular flexibility index (Phi) is 3.90. The van der Waals surface area contributed by atoms with E-state index in [9.17, 15) is 0 Å². The fourth-order valence-electron chi connectivity index (χ4n) is 4.25. The Labute approximate surface area is 180 Å². The second-order valence-electron chi connectivity index (χ2n) is 7.07. The zero-order chi connectivity index (χ0) is 18.7. The van der Waals surface area contributed by atoms with Crippen molar-refractivity contribution in [1.82, 2.24) is 0 Å². The minimum Gasteiger partial charge on any atom is -0.135 e. The first-order valence-electron chi connectivity index (χ1n) is 9.27. The average Bonchev–Trinajstić information content (AvgIpc) is 3.27. The number of halogens is 1. The van der Waals surface area contributed by atoms with Crippen molar-refractivity contribution in [2.24, 2.45) is 0 Å². The van der Waals surface area contributed by atoms with Crippen LogP contribution in [-0.2, 0) is 6.42 Å². The van der Waals surface area contributed by atoms with Crippen LogP contribution in [0.25, 0.3) is 31.3 Å². The van der Waals surface area contributed by atoms with Crippen molar-refractivity contribution in [3.8, 4) is 11.1 Å². The van der Waals surface area contributed by atoms with E-state index < -0.39 is 0 Å². The first-order chi connectivity index (χ1) is 13.8. The summed E-state index contributed by atoms with van der Waals surface area (Å²) in [7, 11) is 0. The summed E-state index contributed by atoms with van der Waals surface area (Å²) >= 11 is 7.50. The molecule has 0 saturated heterocycles. The van der Waals surface area contributed by atoms with E-state index in [4.69, 9.17) is 0 Å². The highest BCUT2D eigenvalue weighted by Gasteiger charge is 2.26. The maximum atomic E-state index is 3.73. The van der Waals surface area contributed by atoms with Gasteiger partial charge in [-0.25, -0.2) is 0 Å². The Bertz CT molecular complexity index is 1380. The smallest absolute Gasteiger partial charge is 0.0370 e. The fraction of sp³-hybridized carbons (Fsp3) is 0.0400. The molecule has 134 valence electrons. The second kappa shape index (κ2) is 6.48. The molecular weight excluding hydrogens is 444 g/mol. The maximum absolute atomic E-state index is 3.73. The lowest BCUT2D eigenvalue weighted by Crippen LogP contribution is -1.86. The Hall–Kier alpha value is -2.07. The minimum absolute atomic E-state index is 1.02. The molecule has 0 spiro atoms. The number of rotatable bonds is 2. The van der Waals surface area contributed by atoms with Gasteiger partial charge in [0.15, 0.2) is 0 Å². The molecule has 5 aromatic rings. The molecule has 0 fully saturated rings. The van der Waals surface area contributed by atoms with E-state index in [0.717, 1.165) is 10.9 Å². The highest BCUT2D eigenvalue weighted by Crippen LogP contribution is 2.51. The summed E-state index contributed by atoms with van der Waals surface area (Å²) in [6.07, 6.45) is 1.02. The molecule has 0 N–H and O–H groups in total. The molecule has 0 atom stereocenters.